The Morgan fingerprint density at radius 3 is 2.12 bits per heavy atom. The van der Waals surface area contributed by atoms with E-state index in [0.29, 0.717) is 23.6 Å². The third-order valence-electron chi connectivity index (χ3n) is 9.97. The molecule has 2 aromatic heterocycles. The standard InChI is InChI=1S/C34H44N4O4/c1-42-31(39)23-36-20-12-17-28(33(36)40)32-34(41)38(30-19-10-9-18-29(30)35-32)27-21-25-15-11-16-26(22-27)37(25)24-13-7-5-3-2-4-6-8-14-24/h9-10,12,17-20,24-27H,2-8,11,13-16,21-23H2,1H3/t25-,26+,27-. The van der Waals surface area contributed by atoms with E-state index in [0.717, 1.165) is 18.4 Å². The molecule has 3 aromatic rings. The second-order valence-electron chi connectivity index (χ2n) is 12.6. The number of nitrogens with zero attached hydrogens (tertiary/aromatic N) is 4. The number of pyridine rings is 1. The van der Waals surface area contributed by atoms with Crippen LogP contribution < -0.4 is 11.1 Å². The lowest BCUT2D eigenvalue weighted by atomic mass is 9.79. The van der Waals surface area contributed by atoms with E-state index in [4.69, 9.17) is 9.72 Å². The highest BCUT2D eigenvalue weighted by Gasteiger charge is 2.42. The van der Waals surface area contributed by atoms with Gasteiger partial charge in [-0.25, -0.2) is 4.98 Å². The number of rotatable bonds is 5. The summed E-state index contributed by atoms with van der Waals surface area (Å²) in [4.78, 5) is 47.3. The van der Waals surface area contributed by atoms with Crippen LogP contribution in [0.2, 0.25) is 0 Å². The van der Waals surface area contributed by atoms with Crippen molar-refractivity contribution in [3.05, 3.63) is 63.3 Å². The summed E-state index contributed by atoms with van der Waals surface area (Å²) in [6.45, 7) is -0.214. The number of piperidine rings is 2. The molecule has 1 saturated carbocycles. The van der Waals surface area contributed by atoms with Crippen LogP contribution in [0.3, 0.4) is 0 Å². The quantitative estimate of drug-likeness (QED) is 0.357. The van der Waals surface area contributed by atoms with Crippen LogP contribution in [0.25, 0.3) is 22.3 Å². The Labute approximate surface area is 247 Å². The maximum absolute atomic E-state index is 14.3. The molecule has 2 saturated heterocycles. The zero-order valence-electron chi connectivity index (χ0n) is 24.9. The van der Waals surface area contributed by atoms with Gasteiger partial charge in [-0.3, -0.25) is 19.3 Å². The normalized spacial score (nSPS) is 24.4. The van der Waals surface area contributed by atoms with E-state index in [1.165, 1.54) is 88.7 Å². The molecule has 42 heavy (non-hydrogen) atoms. The number of methoxy groups -OCH3 is 1. The third-order valence-corrected chi connectivity index (χ3v) is 9.97. The van der Waals surface area contributed by atoms with Crippen LogP contribution in [0, 0.1) is 0 Å². The number of hydrogen-bond donors (Lipinski definition) is 0. The van der Waals surface area contributed by atoms with Crippen LogP contribution in [0.1, 0.15) is 95.9 Å². The topological polar surface area (TPSA) is 86.4 Å². The van der Waals surface area contributed by atoms with Crippen LogP contribution >= 0.6 is 0 Å². The van der Waals surface area contributed by atoms with Crippen molar-refractivity contribution >= 4 is 17.0 Å². The lowest BCUT2D eigenvalue weighted by Crippen LogP contribution is -2.57. The van der Waals surface area contributed by atoms with Crippen molar-refractivity contribution in [1.82, 2.24) is 19.0 Å². The van der Waals surface area contributed by atoms with E-state index >= 15 is 0 Å². The lowest BCUT2D eigenvalue weighted by molar-refractivity contribution is -0.141. The summed E-state index contributed by atoms with van der Waals surface area (Å²) in [7, 11) is 1.29. The summed E-state index contributed by atoms with van der Waals surface area (Å²) in [6.07, 6.45) is 19.1. The SMILES string of the molecule is COC(=O)Cn1cccc(-c2nc3ccccc3n([C@@H]3C[C@H]4CCC[C@@H](C3)N4C3CCCCCCCCC3)c2=O)c1=O. The molecule has 2 bridgehead atoms. The molecule has 0 unspecified atom stereocenters. The van der Waals surface area contributed by atoms with Gasteiger partial charge in [0.05, 0.1) is 23.7 Å². The van der Waals surface area contributed by atoms with Crippen LogP contribution in [0.15, 0.2) is 52.2 Å². The van der Waals surface area contributed by atoms with Crippen molar-refractivity contribution in [1.29, 1.82) is 0 Å². The summed E-state index contributed by atoms with van der Waals surface area (Å²) in [5.41, 5.74) is 1.25. The first kappa shape index (κ1) is 28.8. The molecular formula is C34H44N4O4. The van der Waals surface area contributed by atoms with E-state index in [1.807, 2.05) is 28.8 Å². The van der Waals surface area contributed by atoms with Crippen molar-refractivity contribution in [3.8, 4) is 11.3 Å². The lowest BCUT2D eigenvalue weighted by Gasteiger charge is -2.53. The molecule has 6 rings (SSSR count). The van der Waals surface area contributed by atoms with E-state index in [9.17, 15) is 14.4 Å². The molecule has 3 atom stereocenters. The molecule has 0 spiro atoms. The van der Waals surface area contributed by atoms with Gasteiger partial charge >= 0.3 is 5.97 Å². The Bertz CT molecular complexity index is 1500. The van der Waals surface area contributed by atoms with E-state index in [-0.39, 0.29) is 29.4 Å². The van der Waals surface area contributed by atoms with Gasteiger partial charge in [0, 0.05) is 30.4 Å². The van der Waals surface area contributed by atoms with Gasteiger partial charge < -0.3 is 13.9 Å². The average molecular weight is 573 g/mol. The predicted octanol–water partition coefficient (Wildman–Crippen LogP) is 5.85. The highest BCUT2D eigenvalue weighted by atomic mass is 16.5. The van der Waals surface area contributed by atoms with Crippen molar-refractivity contribution in [2.75, 3.05) is 7.11 Å². The largest absolute Gasteiger partial charge is 0.468 e. The summed E-state index contributed by atoms with van der Waals surface area (Å²) < 4.78 is 7.99. The minimum absolute atomic E-state index is 0.0521. The molecule has 2 aliphatic heterocycles. The molecule has 3 fully saturated rings. The Kier molecular flexibility index (Phi) is 8.89. The second kappa shape index (κ2) is 12.9. The fraction of sp³-hybridized carbons (Fsp3) is 0.588. The fourth-order valence-electron chi connectivity index (χ4n) is 8.02. The first-order valence-electron chi connectivity index (χ1n) is 16.1. The van der Waals surface area contributed by atoms with Crippen molar-refractivity contribution in [2.45, 2.75) is 121 Å². The van der Waals surface area contributed by atoms with Crippen LogP contribution in [-0.2, 0) is 16.1 Å². The van der Waals surface area contributed by atoms with Gasteiger partial charge in [0.25, 0.3) is 11.1 Å². The van der Waals surface area contributed by atoms with Crippen molar-refractivity contribution < 1.29 is 9.53 Å². The van der Waals surface area contributed by atoms with Crippen molar-refractivity contribution in [2.24, 2.45) is 0 Å². The Balaban J connectivity index is 1.36. The highest BCUT2D eigenvalue weighted by molar-refractivity contribution is 5.78. The number of carbonyl (C=O) groups excluding carboxylic acids is 1. The zero-order valence-corrected chi connectivity index (χ0v) is 24.9. The maximum Gasteiger partial charge on any atom is 0.325 e. The number of benzene rings is 1. The van der Waals surface area contributed by atoms with Gasteiger partial charge in [-0.1, -0.05) is 63.5 Å². The van der Waals surface area contributed by atoms with Gasteiger partial charge in [0.15, 0.2) is 0 Å². The summed E-state index contributed by atoms with van der Waals surface area (Å²) in [6, 6.07) is 12.8. The highest BCUT2D eigenvalue weighted by Crippen LogP contribution is 2.42. The zero-order chi connectivity index (χ0) is 29.1. The minimum atomic E-state index is -0.521. The third kappa shape index (κ3) is 5.83. The van der Waals surface area contributed by atoms with Gasteiger partial charge in [-0.05, 0) is 62.8 Å². The number of para-hydroxylation sites is 2. The molecule has 224 valence electrons. The molecule has 0 radical (unpaired) electrons. The van der Waals surface area contributed by atoms with Gasteiger partial charge in [-0.2, -0.15) is 0 Å². The molecule has 8 nitrogen and oxygen atoms in total. The molecule has 0 N–H and O–H groups in total. The number of fused-ring (bicyclic) bond motifs is 3. The Hall–Kier alpha value is -3.26. The predicted molar refractivity (Wildman–Crippen MR) is 165 cm³/mol. The smallest absolute Gasteiger partial charge is 0.325 e. The van der Waals surface area contributed by atoms with Gasteiger partial charge in [0.2, 0.25) is 0 Å². The first-order chi connectivity index (χ1) is 20.5. The molecular weight excluding hydrogens is 528 g/mol. The number of esters is 1. The van der Waals surface area contributed by atoms with Crippen LogP contribution in [-0.4, -0.2) is 50.2 Å². The maximum atomic E-state index is 14.3. The monoisotopic (exact) mass is 572 g/mol. The number of aromatic nitrogens is 3. The molecule has 3 aliphatic rings. The van der Waals surface area contributed by atoms with Crippen LogP contribution in [0.5, 0.6) is 0 Å². The summed E-state index contributed by atoms with van der Waals surface area (Å²) >= 11 is 0. The van der Waals surface area contributed by atoms with E-state index < -0.39 is 11.5 Å². The second-order valence-corrected chi connectivity index (χ2v) is 12.6. The van der Waals surface area contributed by atoms with Crippen molar-refractivity contribution in [3.63, 3.8) is 0 Å². The first-order valence-corrected chi connectivity index (χ1v) is 16.1. The molecule has 0 amide bonds. The van der Waals surface area contributed by atoms with Gasteiger partial charge in [-0.15, -0.1) is 0 Å². The van der Waals surface area contributed by atoms with Crippen LogP contribution in [0.4, 0.5) is 0 Å². The number of ether oxygens (including phenoxy) is 1. The van der Waals surface area contributed by atoms with Gasteiger partial charge in [0.1, 0.15) is 12.2 Å². The summed E-state index contributed by atoms with van der Waals surface area (Å²) in [5.74, 6) is -0.521. The van der Waals surface area contributed by atoms with E-state index in [1.54, 1.807) is 18.3 Å². The molecule has 8 heteroatoms. The molecule has 1 aromatic carbocycles. The van der Waals surface area contributed by atoms with E-state index in [2.05, 4.69) is 4.90 Å². The number of hydrogen-bond acceptors (Lipinski definition) is 6. The fourth-order valence-corrected chi connectivity index (χ4v) is 8.02. The molecule has 4 heterocycles. The summed E-state index contributed by atoms with van der Waals surface area (Å²) in [5, 5.41) is 0. The minimum Gasteiger partial charge on any atom is -0.468 e. The Morgan fingerprint density at radius 2 is 1.43 bits per heavy atom. The Morgan fingerprint density at radius 1 is 0.786 bits per heavy atom. The molecule has 1 aliphatic carbocycles. The number of carbonyl (C=O) groups is 1. The average Bonchev–Trinajstić information content (AvgIpc) is 3.00.